The van der Waals surface area contributed by atoms with Crippen LogP contribution in [-0.2, 0) is 4.79 Å². The molecule has 0 spiro atoms. The molecular formula is C17H17BrN3O5-. The number of ether oxygens (including phenoxy) is 2. The number of carbonyl (C=O) groups excluding carboxylic acids is 1. The largest absolute Gasteiger partial charge is 0.733 e. The molecule has 26 heavy (non-hydrogen) atoms. The van der Waals surface area contributed by atoms with E-state index < -0.39 is 5.91 Å². The summed E-state index contributed by atoms with van der Waals surface area (Å²) in [5, 5.41) is 23.8. The average Bonchev–Trinajstić information content (AvgIpc) is 2.60. The van der Waals surface area contributed by atoms with Gasteiger partial charge < -0.3 is 19.9 Å². The summed E-state index contributed by atoms with van der Waals surface area (Å²) in [7, 11) is 1.53. The summed E-state index contributed by atoms with van der Waals surface area (Å²) in [4.78, 5) is 11.8. The van der Waals surface area contributed by atoms with Gasteiger partial charge in [0.15, 0.2) is 6.61 Å². The van der Waals surface area contributed by atoms with E-state index in [2.05, 4.69) is 26.5 Å². The summed E-state index contributed by atoms with van der Waals surface area (Å²) >= 11 is 3.35. The van der Waals surface area contributed by atoms with E-state index in [0.717, 1.165) is 10.0 Å². The van der Waals surface area contributed by atoms with Crippen LogP contribution in [0.5, 0.6) is 11.5 Å². The predicted molar refractivity (Wildman–Crippen MR) is 101 cm³/mol. The lowest BCUT2D eigenvalue weighted by molar-refractivity contribution is -0.123. The maximum Gasteiger partial charge on any atom is 0.277 e. The molecule has 1 amide bonds. The molecule has 0 saturated carbocycles. The van der Waals surface area contributed by atoms with Gasteiger partial charge in [-0.15, -0.1) is 0 Å². The van der Waals surface area contributed by atoms with E-state index in [4.69, 9.17) is 14.7 Å². The minimum absolute atomic E-state index is 0.0832. The fraction of sp³-hybridized carbons (Fsp3) is 0.176. The summed E-state index contributed by atoms with van der Waals surface area (Å²) in [6.07, 6.45) is 1.44. The van der Waals surface area contributed by atoms with Crippen molar-refractivity contribution >= 4 is 33.7 Å². The molecule has 0 radical (unpaired) electrons. The zero-order valence-electron chi connectivity index (χ0n) is 14.1. The molecule has 2 aromatic rings. The number of rotatable bonds is 7. The molecule has 0 aromatic heterocycles. The molecule has 0 fully saturated rings. The summed E-state index contributed by atoms with van der Waals surface area (Å²) in [5.74, 6) is 0.156. The second-order valence-electron chi connectivity index (χ2n) is 5.21. The minimum atomic E-state index is -0.530. The third kappa shape index (κ3) is 5.45. The van der Waals surface area contributed by atoms with Gasteiger partial charge in [-0.3, -0.25) is 10.0 Å². The van der Waals surface area contributed by atoms with Gasteiger partial charge in [0.05, 0.1) is 19.0 Å². The molecule has 0 aliphatic carbocycles. The molecule has 0 heterocycles. The molecule has 9 heteroatoms. The average molecular weight is 423 g/mol. The highest BCUT2D eigenvalue weighted by atomic mass is 79.9. The van der Waals surface area contributed by atoms with E-state index in [-0.39, 0.29) is 23.3 Å². The molecule has 2 aromatic carbocycles. The summed E-state index contributed by atoms with van der Waals surface area (Å²) in [6, 6.07) is 10.00. The van der Waals surface area contributed by atoms with E-state index in [9.17, 15) is 10.0 Å². The van der Waals surface area contributed by atoms with Crippen molar-refractivity contribution in [3.63, 3.8) is 0 Å². The summed E-state index contributed by atoms with van der Waals surface area (Å²) in [5.41, 5.74) is 3.67. The number of nitrogens with one attached hydrogen (secondary N) is 1. The van der Waals surface area contributed by atoms with Crippen LogP contribution in [0.25, 0.3) is 0 Å². The van der Waals surface area contributed by atoms with E-state index in [1.54, 1.807) is 25.1 Å². The molecule has 0 bridgehead atoms. The number of hydrazone groups is 1. The van der Waals surface area contributed by atoms with Gasteiger partial charge in [-0.05, 0) is 42.8 Å². The number of carbonyl (C=O) groups is 1. The van der Waals surface area contributed by atoms with Crippen LogP contribution in [0.1, 0.15) is 11.1 Å². The number of benzene rings is 2. The van der Waals surface area contributed by atoms with Gasteiger partial charge in [0.2, 0.25) is 0 Å². The van der Waals surface area contributed by atoms with Gasteiger partial charge in [0, 0.05) is 10.0 Å². The molecule has 0 aliphatic rings. The van der Waals surface area contributed by atoms with Gasteiger partial charge in [0.25, 0.3) is 5.91 Å². The first kappa shape index (κ1) is 19.7. The Balaban J connectivity index is 1.95. The Morgan fingerprint density at radius 3 is 2.77 bits per heavy atom. The zero-order chi connectivity index (χ0) is 19.1. The monoisotopic (exact) mass is 422 g/mol. The smallest absolute Gasteiger partial charge is 0.277 e. The van der Waals surface area contributed by atoms with Crippen LogP contribution >= 0.6 is 15.9 Å². The Hall–Kier alpha value is -2.62. The van der Waals surface area contributed by atoms with E-state index in [1.807, 2.05) is 6.07 Å². The number of nitrogens with zero attached hydrogens (tertiary/aromatic N) is 2. The Bertz CT molecular complexity index is 811. The number of hydrogen-bond donors (Lipinski definition) is 2. The molecule has 0 aliphatic heterocycles. The number of anilines is 1. The van der Waals surface area contributed by atoms with Crippen molar-refractivity contribution in [2.75, 3.05) is 18.9 Å². The molecule has 0 saturated heterocycles. The first-order valence-electron chi connectivity index (χ1n) is 7.45. The number of hydrogen-bond acceptors (Lipinski definition) is 7. The molecule has 0 unspecified atom stereocenters. The summed E-state index contributed by atoms with van der Waals surface area (Å²) < 4.78 is 11.3. The van der Waals surface area contributed by atoms with Gasteiger partial charge in [-0.2, -0.15) is 5.10 Å². The van der Waals surface area contributed by atoms with Crippen LogP contribution in [0, 0.1) is 12.1 Å². The molecule has 2 rings (SSSR count). The quantitative estimate of drug-likeness (QED) is 0.524. The van der Waals surface area contributed by atoms with Crippen LogP contribution in [0.2, 0.25) is 0 Å². The standard InChI is InChI=1S/C17H17BrN3O5/c1-11-3-5-16(14(7-11)21(23)24)26-10-17(22)20-19-9-12-8-13(18)4-6-15(12)25-2/h3-9,23H,10H2,1-2H3,(H,20,22)/q-1/b19-9+. The molecule has 138 valence electrons. The molecule has 8 nitrogen and oxygen atoms in total. The maximum atomic E-state index is 11.8. The van der Waals surface area contributed by atoms with Crippen molar-refractivity contribution in [2.24, 2.45) is 5.10 Å². The second-order valence-corrected chi connectivity index (χ2v) is 6.13. The number of methoxy groups -OCH3 is 1. The maximum absolute atomic E-state index is 11.8. The molecule has 2 N–H and O–H groups in total. The Morgan fingerprint density at radius 2 is 2.08 bits per heavy atom. The third-order valence-electron chi connectivity index (χ3n) is 3.26. The summed E-state index contributed by atoms with van der Waals surface area (Å²) in [6.45, 7) is 1.38. The number of amides is 1. The van der Waals surface area contributed by atoms with Crippen LogP contribution in [0.3, 0.4) is 0 Å². The van der Waals surface area contributed by atoms with Crippen molar-refractivity contribution < 1.29 is 19.5 Å². The van der Waals surface area contributed by atoms with Crippen LogP contribution in [-0.4, -0.2) is 31.0 Å². The van der Waals surface area contributed by atoms with Gasteiger partial charge in [0.1, 0.15) is 11.5 Å². The van der Waals surface area contributed by atoms with Crippen molar-refractivity contribution in [1.82, 2.24) is 5.43 Å². The van der Waals surface area contributed by atoms with Gasteiger partial charge >= 0.3 is 0 Å². The highest BCUT2D eigenvalue weighted by Crippen LogP contribution is 2.28. The van der Waals surface area contributed by atoms with Gasteiger partial charge in [-0.25, -0.2) is 5.43 Å². The van der Waals surface area contributed by atoms with Crippen molar-refractivity contribution in [3.8, 4) is 11.5 Å². The van der Waals surface area contributed by atoms with E-state index >= 15 is 0 Å². The topological polar surface area (TPSA) is 106 Å². The minimum Gasteiger partial charge on any atom is -0.733 e. The van der Waals surface area contributed by atoms with Crippen LogP contribution in [0.4, 0.5) is 5.69 Å². The normalized spacial score (nSPS) is 10.7. The first-order valence-corrected chi connectivity index (χ1v) is 8.25. The Morgan fingerprint density at radius 1 is 1.35 bits per heavy atom. The Labute approximate surface area is 158 Å². The first-order chi connectivity index (χ1) is 12.4. The fourth-order valence-electron chi connectivity index (χ4n) is 2.05. The van der Waals surface area contributed by atoms with Crippen molar-refractivity contribution in [3.05, 3.63) is 57.2 Å². The lowest BCUT2D eigenvalue weighted by Crippen LogP contribution is -2.25. The van der Waals surface area contributed by atoms with Gasteiger partial charge in [-0.1, -0.05) is 22.0 Å². The molecule has 0 atom stereocenters. The SMILES string of the molecule is COc1ccc(Br)cc1/C=N/NC(=O)COc1ccc(C)cc1N([O-])O. The third-order valence-corrected chi connectivity index (χ3v) is 3.76. The number of halogens is 1. The lowest BCUT2D eigenvalue weighted by Gasteiger charge is -2.24. The lowest BCUT2D eigenvalue weighted by atomic mass is 10.2. The van der Waals surface area contributed by atoms with Crippen molar-refractivity contribution in [1.29, 1.82) is 0 Å². The van der Waals surface area contributed by atoms with Crippen molar-refractivity contribution in [2.45, 2.75) is 6.92 Å². The van der Waals surface area contributed by atoms with E-state index in [0.29, 0.717) is 11.3 Å². The highest BCUT2D eigenvalue weighted by molar-refractivity contribution is 9.10. The second kappa shape index (κ2) is 9.18. The van der Waals surface area contributed by atoms with Crippen LogP contribution < -0.4 is 20.1 Å². The number of aryl methyl sites for hydroxylation is 1. The highest BCUT2D eigenvalue weighted by Gasteiger charge is 2.08. The Kier molecular flexibility index (Phi) is 6.96. The predicted octanol–water partition coefficient (Wildman–Crippen LogP) is 2.99. The zero-order valence-corrected chi connectivity index (χ0v) is 15.7. The van der Waals surface area contributed by atoms with E-state index in [1.165, 1.54) is 25.5 Å². The van der Waals surface area contributed by atoms with Crippen LogP contribution in [0.15, 0.2) is 46.0 Å². The fourth-order valence-corrected chi connectivity index (χ4v) is 2.43. The molecular weight excluding hydrogens is 406 g/mol.